The van der Waals surface area contributed by atoms with Crippen LogP contribution in [0.2, 0.25) is 0 Å². The number of likely N-dealkylation sites (tertiary alicyclic amines) is 2. The molecule has 0 spiro atoms. The molecule has 0 saturated carbocycles. The van der Waals surface area contributed by atoms with Crippen LogP contribution < -0.4 is 5.32 Å². The summed E-state index contributed by atoms with van der Waals surface area (Å²) in [6.45, 7) is 3.86. The zero-order chi connectivity index (χ0) is 16.9. The van der Waals surface area contributed by atoms with Gasteiger partial charge in [0.15, 0.2) is 0 Å². The third-order valence-corrected chi connectivity index (χ3v) is 5.37. The molecule has 5 nitrogen and oxygen atoms in total. The molecule has 130 valence electrons. The van der Waals surface area contributed by atoms with E-state index >= 15 is 0 Å². The minimum absolute atomic E-state index is 0.0632. The molecule has 24 heavy (non-hydrogen) atoms. The van der Waals surface area contributed by atoms with Crippen LogP contribution in [-0.2, 0) is 9.59 Å². The van der Waals surface area contributed by atoms with Crippen molar-refractivity contribution >= 4 is 11.8 Å². The predicted molar refractivity (Wildman–Crippen MR) is 93.6 cm³/mol. The van der Waals surface area contributed by atoms with Crippen LogP contribution >= 0.6 is 0 Å². The van der Waals surface area contributed by atoms with Gasteiger partial charge < -0.3 is 10.2 Å². The normalized spacial score (nSPS) is 22.5. The predicted octanol–water partition coefficient (Wildman–Crippen LogP) is 1.46. The molecule has 1 atom stereocenters. The Morgan fingerprint density at radius 3 is 2.46 bits per heavy atom. The van der Waals surface area contributed by atoms with Crippen LogP contribution in [0.5, 0.6) is 0 Å². The molecule has 3 rings (SSSR count). The monoisotopic (exact) mass is 329 g/mol. The lowest BCUT2D eigenvalue weighted by Crippen LogP contribution is -2.45. The van der Waals surface area contributed by atoms with Gasteiger partial charge in [0.1, 0.15) is 0 Å². The molecule has 0 unspecified atom stereocenters. The molecular weight excluding hydrogens is 302 g/mol. The quantitative estimate of drug-likeness (QED) is 0.910. The number of nitrogens with zero attached hydrogens (tertiary/aromatic N) is 2. The maximum Gasteiger partial charge on any atom is 0.236 e. The second-order valence-electron chi connectivity index (χ2n) is 6.90. The highest BCUT2D eigenvalue weighted by Crippen LogP contribution is 2.27. The number of rotatable bonds is 4. The van der Waals surface area contributed by atoms with E-state index in [4.69, 9.17) is 0 Å². The number of hydrogen-bond donors (Lipinski definition) is 1. The van der Waals surface area contributed by atoms with Gasteiger partial charge in [-0.25, -0.2) is 0 Å². The molecule has 5 heteroatoms. The molecule has 2 fully saturated rings. The van der Waals surface area contributed by atoms with Crippen molar-refractivity contribution in [1.29, 1.82) is 0 Å². The van der Waals surface area contributed by atoms with Crippen molar-refractivity contribution in [3.05, 3.63) is 35.9 Å². The van der Waals surface area contributed by atoms with Crippen LogP contribution in [0.3, 0.4) is 0 Å². The number of amides is 2. The second kappa shape index (κ2) is 7.79. The number of carbonyl (C=O) groups excluding carboxylic acids is 2. The first kappa shape index (κ1) is 17.0. The fourth-order valence-corrected chi connectivity index (χ4v) is 3.86. The molecule has 1 aromatic rings. The SMILES string of the molecule is CNC(=O)C1CCN(C(=O)CN2CC[C@@H](c3ccccc3)C2)CC1. The van der Waals surface area contributed by atoms with Crippen LogP contribution in [0, 0.1) is 5.92 Å². The largest absolute Gasteiger partial charge is 0.359 e. The first-order valence-electron chi connectivity index (χ1n) is 8.94. The zero-order valence-corrected chi connectivity index (χ0v) is 14.4. The van der Waals surface area contributed by atoms with Gasteiger partial charge in [0.25, 0.3) is 0 Å². The number of piperidine rings is 1. The first-order valence-corrected chi connectivity index (χ1v) is 8.94. The minimum Gasteiger partial charge on any atom is -0.359 e. The standard InChI is InChI=1S/C19H27N3O2/c1-20-19(24)16-8-11-22(12-9-16)18(23)14-21-10-7-17(13-21)15-5-3-2-4-6-15/h2-6,16-17H,7-14H2,1H3,(H,20,24)/t17-/m1/s1. The lowest BCUT2D eigenvalue weighted by molar-refractivity contribution is -0.136. The average Bonchev–Trinajstić information content (AvgIpc) is 3.10. The van der Waals surface area contributed by atoms with Gasteiger partial charge in [-0.3, -0.25) is 14.5 Å². The van der Waals surface area contributed by atoms with E-state index in [-0.39, 0.29) is 17.7 Å². The van der Waals surface area contributed by atoms with Crippen LogP contribution in [0.4, 0.5) is 0 Å². The smallest absolute Gasteiger partial charge is 0.236 e. The fourth-order valence-electron chi connectivity index (χ4n) is 3.86. The Labute approximate surface area is 144 Å². The van der Waals surface area contributed by atoms with Gasteiger partial charge in [-0.2, -0.15) is 0 Å². The van der Waals surface area contributed by atoms with Crippen LogP contribution in [-0.4, -0.2) is 61.4 Å². The van der Waals surface area contributed by atoms with Gasteiger partial charge in [0.2, 0.25) is 11.8 Å². The molecule has 2 aliphatic rings. The summed E-state index contributed by atoms with van der Waals surface area (Å²) in [5.41, 5.74) is 1.37. The first-order chi connectivity index (χ1) is 11.7. The minimum atomic E-state index is 0.0632. The van der Waals surface area contributed by atoms with Crippen molar-refractivity contribution in [2.75, 3.05) is 39.8 Å². The van der Waals surface area contributed by atoms with Crippen molar-refractivity contribution in [2.24, 2.45) is 5.92 Å². The molecule has 2 aliphatic heterocycles. The fraction of sp³-hybridized carbons (Fsp3) is 0.579. The van der Waals surface area contributed by atoms with Gasteiger partial charge >= 0.3 is 0 Å². The summed E-state index contributed by atoms with van der Waals surface area (Å²) in [6, 6.07) is 10.6. The highest BCUT2D eigenvalue weighted by atomic mass is 16.2. The Morgan fingerprint density at radius 2 is 1.79 bits per heavy atom. The van der Waals surface area contributed by atoms with Gasteiger partial charge in [-0.05, 0) is 37.3 Å². The third kappa shape index (κ3) is 3.96. The molecule has 0 aromatic heterocycles. The lowest BCUT2D eigenvalue weighted by Gasteiger charge is -2.32. The number of nitrogens with one attached hydrogen (secondary N) is 1. The Hall–Kier alpha value is -1.88. The zero-order valence-electron chi connectivity index (χ0n) is 14.4. The van der Waals surface area contributed by atoms with E-state index in [0.717, 1.165) is 32.4 Å². The number of carbonyl (C=O) groups is 2. The Balaban J connectivity index is 1.46. The Bertz CT molecular complexity index is 567. The number of benzene rings is 1. The third-order valence-electron chi connectivity index (χ3n) is 5.37. The maximum atomic E-state index is 12.5. The van der Waals surface area contributed by atoms with E-state index in [0.29, 0.717) is 25.6 Å². The molecule has 2 amide bonds. The van der Waals surface area contributed by atoms with E-state index in [9.17, 15) is 9.59 Å². The van der Waals surface area contributed by atoms with Crippen molar-refractivity contribution in [3.63, 3.8) is 0 Å². The summed E-state index contributed by atoms with van der Waals surface area (Å²) in [7, 11) is 1.68. The molecule has 1 aromatic carbocycles. The van der Waals surface area contributed by atoms with Crippen LogP contribution in [0.25, 0.3) is 0 Å². The average molecular weight is 329 g/mol. The van der Waals surface area contributed by atoms with Gasteiger partial charge in [-0.1, -0.05) is 30.3 Å². The molecular formula is C19H27N3O2. The highest BCUT2D eigenvalue weighted by molar-refractivity contribution is 5.80. The number of hydrogen-bond acceptors (Lipinski definition) is 3. The molecule has 0 radical (unpaired) electrons. The van der Waals surface area contributed by atoms with Crippen molar-refractivity contribution in [3.8, 4) is 0 Å². The lowest BCUT2D eigenvalue weighted by atomic mass is 9.96. The Morgan fingerprint density at radius 1 is 1.08 bits per heavy atom. The molecule has 1 N–H and O–H groups in total. The second-order valence-corrected chi connectivity index (χ2v) is 6.90. The van der Waals surface area contributed by atoms with Crippen molar-refractivity contribution < 1.29 is 9.59 Å². The Kier molecular flexibility index (Phi) is 5.51. The van der Waals surface area contributed by atoms with E-state index in [1.165, 1.54) is 5.56 Å². The summed E-state index contributed by atoms with van der Waals surface area (Å²) in [5, 5.41) is 2.71. The van der Waals surface area contributed by atoms with Gasteiger partial charge in [-0.15, -0.1) is 0 Å². The van der Waals surface area contributed by atoms with Crippen LogP contribution in [0.15, 0.2) is 30.3 Å². The van der Waals surface area contributed by atoms with E-state index in [1.54, 1.807) is 7.05 Å². The maximum absolute atomic E-state index is 12.5. The molecule has 2 saturated heterocycles. The summed E-state index contributed by atoms with van der Waals surface area (Å²) in [4.78, 5) is 28.4. The molecule has 0 aliphatic carbocycles. The van der Waals surface area contributed by atoms with Crippen molar-refractivity contribution in [2.45, 2.75) is 25.2 Å². The summed E-state index contributed by atoms with van der Waals surface area (Å²) >= 11 is 0. The van der Waals surface area contributed by atoms with Gasteiger partial charge in [0.05, 0.1) is 6.54 Å². The van der Waals surface area contributed by atoms with E-state index in [2.05, 4.69) is 34.5 Å². The summed E-state index contributed by atoms with van der Waals surface area (Å²) < 4.78 is 0. The van der Waals surface area contributed by atoms with Crippen molar-refractivity contribution in [1.82, 2.24) is 15.1 Å². The molecule has 0 bridgehead atoms. The summed E-state index contributed by atoms with van der Waals surface area (Å²) in [5.74, 6) is 0.915. The summed E-state index contributed by atoms with van der Waals surface area (Å²) in [6.07, 6.45) is 2.67. The van der Waals surface area contributed by atoms with Crippen LogP contribution in [0.1, 0.15) is 30.7 Å². The molecule has 2 heterocycles. The van der Waals surface area contributed by atoms with Gasteiger partial charge in [0, 0.05) is 32.6 Å². The topological polar surface area (TPSA) is 52.7 Å². The van der Waals surface area contributed by atoms with E-state index in [1.807, 2.05) is 11.0 Å². The highest BCUT2D eigenvalue weighted by Gasteiger charge is 2.30. The van der Waals surface area contributed by atoms with E-state index < -0.39 is 0 Å².